The molecule has 1 unspecified atom stereocenters. The first-order chi connectivity index (χ1) is 12.7. The molecule has 1 amide bonds. The Balaban J connectivity index is 1.71. The number of para-hydroxylation sites is 2. The normalized spacial score (nSPS) is 12.2. The second-order valence-electron chi connectivity index (χ2n) is 6.59. The number of aromatic nitrogens is 1. The molecule has 3 heteroatoms. The molecule has 1 N–H and O–H groups in total. The van der Waals surface area contributed by atoms with Gasteiger partial charge in [-0.15, -0.1) is 0 Å². The first-order valence-corrected chi connectivity index (χ1v) is 8.84. The van der Waals surface area contributed by atoms with E-state index in [4.69, 9.17) is 0 Å². The van der Waals surface area contributed by atoms with E-state index in [1.54, 1.807) is 0 Å². The van der Waals surface area contributed by atoms with Gasteiger partial charge in [0.2, 0.25) is 0 Å². The average molecular weight is 340 g/mol. The number of rotatable bonds is 4. The van der Waals surface area contributed by atoms with Crippen LogP contribution in [0.1, 0.15) is 22.8 Å². The number of hydrogen-bond donors (Lipinski definition) is 1. The summed E-state index contributed by atoms with van der Waals surface area (Å²) in [5.41, 5.74) is 3.59. The fourth-order valence-corrected chi connectivity index (χ4v) is 3.40. The Bertz CT molecular complexity index is 1020. The monoisotopic (exact) mass is 340 g/mol. The van der Waals surface area contributed by atoms with Gasteiger partial charge in [-0.25, -0.2) is 4.98 Å². The van der Waals surface area contributed by atoms with Gasteiger partial charge in [-0.2, -0.15) is 0 Å². The van der Waals surface area contributed by atoms with E-state index >= 15 is 0 Å². The van der Waals surface area contributed by atoms with Crippen molar-refractivity contribution < 1.29 is 4.79 Å². The molecule has 1 aromatic heterocycles. The number of carbonyl (C=O) groups excluding carboxylic acids is 1. The van der Waals surface area contributed by atoms with Crippen LogP contribution in [0, 0.1) is 0 Å². The molecule has 0 saturated carbocycles. The fourth-order valence-electron chi connectivity index (χ4n) is 3.40. The van der Waals surface area contributed by atoms with Crippen molar-refractivity contribution in [3.05, 3.63) is 90.0 Å². The molecule has 0 spiro atoms. The van der Waals surface area contributed by atoms with E-state index in [-0.39, 0.29) is 11.9 Å². The summed E-state index contributed by atoms with van der Waals surface area (Å²) >= 11 is 0. The van der Waals surface area contributed by atoms with Crippen LogP contribution < -0.4 is 5.32 Å². The smallest absolute Gasteiger partial charge is 0.252 e. The first kappa shape index (κ1) is 16.3. The summed E-state index contributed by atoms with van der Waals surface area (Å²) in [6.07, 6.45) is 0.799. The van der Waals surface area contributed by atoms with Crippen LogP contribution in [0.3, 0.4) is 0 Å². The average Bonchev–Trinajstić information content (AvgIpc) is 2.66. The van der Waals surface area contributed by atoms with Crippen LogP contribution in [0.15, 0.2) is 78.9 Å². The Kier molecular flexibility index (Phi) is 4.36. The topological polar surface area (TPSA) is 42.0 Å². The zero-order chi connectivity index (χ0) is 17.9. The van der Waals surface area contributed by atoms with Crippen LogP contribution in [0.25, 0.3) is 21.8 Å². The Morgan fingerprint density at radius 1 is 0.846 bits per heavy atom. The van der Waals surface area contributed by atoms with Gasteiger partial charge in [0.25, 0.3) is 5.91 Å². The van der Waals surface area contributed by atoms with Gasteiger partial charge in [0, 0.05) is 16.8 Å². The van der Waals surface area contributed by atoms with Crippen molar-refractivity contribution in [3.63, 3.8) is 0 Å². The van der Waals surface area contributed by atoms with Gasteiger partial charge in [0.05, 0.1) is 16.6 Å². The van der Waals surface area contributed by atoms with Crippen molar-refractivity contribution in [3.8, 4) is 0 Å². The molecule has 0 aliphatic carbocycles. The Labute approximate surface area is 152 Å². The molecule has 0 radical (unpaired) electrons. The van der Waals surface area contributed by atoms with Gasteiger partial charge in [0.1, 0.15) is 0 Å². The summed E-state index contributed by atoms with van der Waals surface area (Å²) < 4.78 is 0. The molecule has 1 atom stereocenters. The van der Waals surface area contributed by atoms with Crippen LogP contribution in [0.2, 0.25) is 0 Å². The number of hydrogen-bond acceptors (Lipinski definition) is 2. The zero-order valence-electron chi connectivity index (χ0n) is 14.6. The molecule has 0 bridgehead atoms. The van der Waals surface area contributed by atoms with Crippen LogP contribution in [0.5, 0.6) is 0 Å². The maximum atomic E-state index is 13.1. The first-order valence-electron chi connectivity index (χ1n) is 8.84. The van der Waals surface area contributed by atoms with Gasteiger partial charge in [-0.05, 0) is 31.0 Å². The molecule has 4 rings (SSSR count). The standard InChI is InChI=1S/C23H20N2O/c1-16(15-17-9-3-2-4-10-17)24-23(26)22-18-11-5-7-13-20(18)25-21-14-8-6-12-19(21)22/h2-14,16H,15H2,1H3,(H,24,26). The van der Waals surface area contributed by atoms with E-state index < -0.39 is 0 Å². The molecule has 4 aromatic rings. The van der Waals surface area contributed by atoms with Gasteiger partial charge >= 0.3 is 0 Å². The SMILES string of the molecule is CC(Cc1ccccc1)NC(=O)c1c2ccccc2nc2ccccc12. The molecule has 3 nitrogen and oxygen atoms in total. The number of nitrogens with zero attached hydrogens (tertiary/aromatic N) is 1. The van der Waals surface area contributed by atoms with Crippen molar-refractivity contribution in [1.82, 2.24) is 10.3 Å². The van der Waals surface area contributed by atoms with Gasteiger partial charge in [-0.3, -0.25) is 4.79 Å². The summed E-state index contributed by atoms with van der Waals surface area (Å²) in [6, 6.07) is 25.9. The summed E-state index contributed by atoms with van der Waals surface area (Å²) in [6.45, 7) is 2.04. The van der Waals surface area contributed by atoms with Crippen LogP contribution >= 0.6 is 0 Å². The number of carbonyl (C=O) groups is 1. The van der Waals surface area contributed by atoms with Gasteiger partial charge < -0.3 is 5.32 Å². The molecule has 0 aliphatic heterocycles. The third-order valence-electron chi connectivity index (χ3n) is 4.58. The number of fused-ring (bicyclic) bond motifs is 2. The molecule has 26 heavy (non-hydrogen) atoms. The highest BCUT2D eigenvalue weighted by molar-refractivity contribution is 6.16. The van der Waals surface area contributed by atoms with Crippen LogP contribution in [0.4, 0.5) is 0 Å². The number of nitrogens with one attached hydrogen (secondary N) is 1. The predicted octanol–water partition coefficient (Wildman–Crippen LogP) is 4.75. The molecule has 1 heterocycles. The van der Waals surface area contributed by atoms with Gasteiger partial charge in [-0.1, -0.05) is 66.7 Å². The number of pyridine rings is 1. The molecular formula is C23H20N2O. The van der Waals surface area contributed by atoms with Crippen molar-refractivity contribution in [1.29, 1.82) is 0 Å². The van der Waals surface area contributed by atoms with Crippen molar-refractivity contribution >= 4 is 27.7 Å². The van der Waals surface area contributed by atoms with Crippen molar-refractivity contribution in [2.24, 2.45) is 0 Å². The minimum absolute atomic E-state index is 0.0376. The predicted molar refractivity (Wildman–Crippen MR) is 106 cm³/mol. The second kappa shape index (κ2) is 6.96. The number of benzene rings is 3. The van der Waals surface area contributed by atoms with E-state index in [1.807, 2.05) is 73.7 Å². The minimum atomic E-state index is -0.0526. The highest BCUT2D eigenvalue weighted by atomic mass is 16.1. The maximum absolute atomic E-state index is 13.1. The molecular weight excluding hydrogens is 320 g/mol. The lowest BCUT2D eigenvalue weighted by atomic mass is 10.0. The summed E-state index contributed by atoms with van der Waals surface area (Å²) in [4.78, 5) is 17.8. The second-order valence-corrected chi connectivity index (χ2v) is 6.59. The van der Waals surface area contributed by atoms with E-state index in [9.17, 15) is 4.79 Å². The Morgan fingerprint density at radius 2 is 1.38 bits per heavy atom. The minimum Gasteiger partial charge on any atom is -0.349 e. The molecule has 3 aromatic carbocycles. The molecule has 0 aliphatic rings. The largest absolute Gasteiger partial charge is 0.349 e. The van der Waals surface area contributed by atoms with Gasteiger partial charge in [0.15, 0.2) is 0 Å². The third kappa shape index (κ3) is 3.16. The third-order valence-corrected chi connectivity index (χ3v) is 4.58. The molecule has 0 fully saturated rings. The zero-order valence-corrected chi connectivity index (χ0v) is 14.6. The fraction of sp³-hybridized carbons (Fsp3) is 0.130. The highest BCUT2D eigenvalue weighted by Crippen LogP contribution is 2.26. The maximum Gasteiger partial charge on any atom is 0.252 e. The van der Waals surface area contributed by atoms with Crippen molar-refractivity contribution in [2.75, 3.05) is 0 Å². The van der Waals surface area contributed by atoms with Crippen LogP contribution in [-0.2, 0) is 6.42 Å². The summed E-state index contributed by atoms with van der Waals surface area (Å²) in [5, 5.41) is 4.93. The lowest BCUT2D eigenvalue weighted by Crippen LogP contribution is -2.34. The van der Waals surface area contributed by atoms with E-state index in [2.05, 4.69) is 22.4 Å². The Morgan fingerprint density at radius 3 is 2.00 bits per heavy atom. The number of amides is 1. The lowest BCUT2D eigenvalue weighted by molar-refractivity contribution is 0.0943. The van der Waals surface area contributed by atoms with Crippen molar-refractivity contribution in [2.45, 2.75) is 19.4 Å². The molecule has 128 valence electrons. The van der Waals surface area contributed by atoms with E-state index in [1.165, 1.54) is 5.56 Å². The Hall–Kier alpha value is -3.20. The van der Waals surface area contributed by atoms with E-state index in [0.29, 0.717) is 5.56 Å². The summed E-state index contributed by atoms with van der Waals surface area (Å²) in [7, 11) is 0. The van der Waals surface area contributed by atoms with Crippen LogP contribution in [-0.4, -0.2) is 16.9 Å². The summed E-state index contributed by atoms with van der Waals surface area (Å²) in [5.74, 6) is -0.0526. The quantitative estimate of drug-likeness (QED) is 0.545. The lowest BCUT2D eigenvalue weighted by Gasteiger charge is -2.16. The van der Waals surface area contributed by atoms with E-state index in [0.717, 1.165) is 28.2 Å². The molecule has 0 saturated heterocycles. The highest BCUT2D eigenvalue weighted by Gasteiger charge is 2.17.